The Morgan fingerprint density at radius 2 is 2.07 bits per heavy atom. The fourth-order valence-corrected chi connectivity index (χ4v) is 1.42. The van der Waals surface area contributed by atoms with E-state index < -0.39 is 0 Å². The first-order valence-electron chi connectivity index (χ1n) is 4.77. The van der Waals surface area contributed by atoms with E-state index in [1.165, 1.54) is 7.11 Å². The number of carbonyl (C=O) groups is 1. The van der Waals surface area contributed by atoms with Crippen molar-refractivity contribution in [3.63, 3.8) is 0 Å². The zero-order valence-electron chi connectivity index (χ0n) is 9.30. The van der Waals surface area contributed by atoms with Gasteiger partial charge in [0.25, 0.3) is 0 Å². The van der Waals surface area contributed by atoms with E-state index in [1.807, 2.05) is 31.1 Å². The van der Waals surface area contributed by atoms with E-state index in [0.717, 1.165) is 5.56 Å². The highest BCUT2D eigenvalue weighted by molar-refractivity contribution is 5.78. The van der Waals surface area contributed by atoms with Crippen molar-refractivity contribution in [2.75, 3.05) is 27.7 Å². The zero-order chi connectivity index (χ0) is 11.3. The van der Waals surface area contributed by atoms with Crippen molar-refractivity contribution in [2.45, 2.75) is 5.92 Å². The molecule has 1 unspecified atom stereocenters. The first-order chi connectivity index (χ1) is 7.15. The lowest BCUT2D eigenvalue weighted by molar-refractivity contribution is -0.142. The summed E-state index contributed by atoms with van der Waals surface area (Å²) in [6, 6.07) is 3.68. The van der Waals surface area contributed by atoms with Crippen LogP contribution >= 0.6 is 0 Å². The average molecular weight is 208 g/mol. The molecule has 4 heteroatoms. The lowest BCUT2D eigenvalue weighted by Gasteiger charge is -2.18. The Labute approximate surface area is 89.9 Å². The second kappa shape index (κ2) is 5.46. The molecule has 1 rings (SSSR count). The summed E-state index contributed by atoms with van der Waals surface area (Å²) >= 11 is 0. The summed E-state index contributed by atoms with van der Waals surface area (Å²) in [5, 5.41) is 0. The molecule has 0 aromatic carbocycles. The van der Waals surface area contributed by atoms with Gasteiger partial charge in [0.2, 0.25) is 0 Å². The van der Waals surface area contributed by atoms with Crippen LogP contribution in [0.2, 0.25) is 0 Å². The molecule has 1 aromatic heterocycles. The number of pyridine rings is 1. The summed E-state index contributed by atoms with van der Waals surface area (Å²) in [6.45, 7) is 0.636. The van der Waals surface area contributed by atoms with E-state index in [0.29, 0.717) is 6.54 Å². The van der Waals surface area contributed by atoms with Gasteiger partial charge < -0.3 is 9.64 Å². The van der Waals surface area contributed by atoms with E-state index in [-0.39, 0.29) is 11.9 Å². The maximum Gasteiger partial charge on any atom is 0.314 e. The minimum Gasteiger partial charge on any atom is -0.469 e. The van der Waals surface area contributed by atoms with Gasteiger partial charge in [-0.05, 0) is 31.8 Å². The number of esters is 1. The second-order valence-corrected chi connectivity index (χ2v) is 3.62. The number of ether oxygens (including phenoxy) is 1. The van der Waals surface area contributed by atoms with Crippen molar-refractivity contribution in [3.8, 4) is 0 Å². The molecule has 0 radical (unpaired) electrons. The first-order valence-corrected chi connectivity index (χ1v) is 4.77. The van der Waals surface area contributed by atoms with Gasteiger partial charge in [-0.1, -0.05) is 0 Å². The smallest absolute Gasteiger partial charge is 0.314 e. The van der Waals surface area contributed by atoms with E-state index in [9.17, 15) is 4.79 Å². The van der Waals surface area contributed by atoms with Crippen LogP contribution < -0.4 is 0 Å². The Bertz CT molecular complexity index is 312. The van der Waals surface area contributed by atoms with E-state index in [2.05, 4.69) is 4.98 Å². The lowest BCUT2D eigenvalue weighted by Crippen LogP contribution is -2.27. The van der Waals surface area contributed by atoms with Gasteiger partial charge >= 0.3 is 5.97 Å². The van der Waals surface area contributed by atoms with Crippen LogP contribution in [0.15, 0.2) is 24.5 Å². The molecule has 1 heterocycles. The van der Waals surface area contributed by atoms with Crippen molar-refractivity contribution >= 4 is 5.97 Å². The number of carbonyl (C=O) groups excluding carboxylic acids is 1. The van der Waals surface area contributed by atoms with Crippen LogP contribution in [0.1, 0.15) is 11.5 Å². The SMILES string of the molecule is COC(=O)C(CN(C)C)c1ccncc1. The maximum atomic E-state index is 11.6. The molecule has 0 aliphatic rings. The van der Waals surface area contributed by atoms with Crippen molar-refractivity contribution in [1.82, 2.24) is 9.88 Å². The van der Waals surface area contributed by atoms with Gasteiger partial charge in [-0.3, -0.25) is 9.78 Å². The van der Waals surface area contributed by atoms with E-state index >= 15 is 0 Å². The Hall–Kier alpha value is -1.42. The molecule has 0 fully saturated rings. The lowest BCUT2D eigenvalue weighted by atomic mass is 10.0. The zero-order valence-corrected chi connectivity index (χ0v) is 9.30. The molecular weight excluding hydrogens is 192 g/mol. The van der Waals surface area contributed by atoms with Crippen LogP contribution in [0, 0.1) is 0 Å². The molecule has 82 valence electrons. The van der Waals surface area contributed by atoms with Crippen molar-refractivity contribution in [1.29, 1.82) is 0 Å². The number of rotatable bonds is 4. The summed E-state index contributed by atoms with van der Waals surface area (Å²) in [6.07, 6.45) is 3.36. The highest BCUT2D eigenvalue weighted by atomic mass is 16.5. The quantitative estimate of drug-likeness (QED) is 0.689. The van der Waals surface area contributed by atoms with Gasteiger partial charge in [0, 0.05) is 18.9 Å². The molecule has 0 saturated carbocycles. The van der Waals surface area contributed by atoms with Gasteiger partial charge in [-0.15, -0.1) is 0 Å². The Balaban J connectivity index is 2.86. The minimum atomic E-state index is -0.243. The largest absolute Gasteiger partial charge is 0.469 e. The molecule has 1 atom stereocenters. The standard InChI is InChI=1S/C11H16N2O2/c1-13(2)8-10(11(14)15-3)9-4-6-12-7-5-9/h4-7,10H,8H2,1-3H3. The summed E-state index contributed by atoms with van der Waals surface area (Å²) < 4.78 is 4.78. The predicted molar refractivity (Wildman–Crippen MR) is 57.5 cm³/mol. The summed E-state index contributed by atoms with van der Waals surface area (Å²) in [7, 11) is 5.26. The van der Waals surface area contributed by atoms with Crippen LogP contribution in [-0.2, 0) is 9.53 Å². The summed E-state index contributed by atoms with van der Waals surface area (Å²) in [5.41, 5.74) is 0.936. The molecule has 0 aliphatic heterocycles. The van der Waals surface area contributed by atoms with Crippen LogP contribution in [0.5, 0.6) is 0 Å². The summed E-state index contributed by atoms with van der Waals surface area (Å²) in [5.74, 6) is -0.456. The molecule has 0 spiro atoms. The maximum absolute atomic E-state index is 11.6. The topological polar surface area (TPSA) is 42.4 Å². The van der Waals surface area contributed by atoms with Crippen molar-refractivity contribution in [3.05, 3.63) is 30.1 Å². The monoisotopic (exact) mass is 208 g/mol. The molecule has 0 saturated heterocycles. The molecule has 0 aliphatic carbocycles. The Morgan fingerprint density at radius 3 is 2.53 bits per heavy atom. The molecule has 0 bridgehead atoms. The van der Waals surface area contributed by atoms with E-state index in [4.69, 9.17) is 4.74 Å². The molecular formula is C11H16N2O2. The average Bonchev–Trinajstić information content (AvgIpc) is 2.26. The predicted octanol–water partition coefficient (Wildman–Crippen LogP) is 0.900. The molecule has 0 N–H and O–H groups in total. The van der Waals surface area contributed by atoms with Gasteiger partial charge in [0.05, 0.1) is 13.0 Å². The van der Waals surface area contributed by atoms with Crippen LogP contribution in [0.4, 0.5) is 0 Å². The third-order valence-electron chi connectivity index (χ3n) is 2.14. The molecule has 4 nitrogen and oxygen atoms in total. The molecule has 0 amide bonds. The molecule has 1 aromatic rings. The van der Waals surface area contributed by atoms with Gasteiger partial charge in [-0.2, -0.15) is 0 Å². The first kappa shape index (κ1) is 11.7. The minimum absolute atomic E-state index is 0.213. The van der Waals surface area contributed by atoms with Gasteiger partial charge in [-0.25, -0.2) is 0 Å². The third kappa shape index (κ3) is 3.32. The van der Waals surface area contributed by atoms with Gasteiger partial charge in [0.1, 0.15) is 0 Å². The third-order valence-corrected chi connectivity index (χ3v) is 2.14. The van der Waals surface area contributed by atoms with Crippen LogP contribution in [-0.4, -0.2) is 43.6 Å². The van der Waals surface area contributed by atoms with Crippen molar-refractivity contribution in [2.24, 2.45) is 0 Å². The highest BCUT2D eigenvalue weighted by Crippen LogP contribution is 2.16. The highest BCUT2D eigenvalue weighted by Gasteiger charge is 2.21. The number of nitrogens with zero attached hydrogens (tertiary/aromatic N) is 2. The Kier molecular flexibility index (Phi) is 4.24. The number of aromatic nitrogens is 1. The Morgan fingerprint density at radius 1 is 1.47 bits per heavy atom. The second-order valence-electron chi connectivity index (χ2n) is 3.62. The normalized spacial score (nSPS) is 12.5. The summed E-state index contributed by atoms with van der Waals surface area (Å²) in [4.78, 5) is 17.5. The fourth-order valence-electron chi connectivity index (χ4n) is 1.42. The van der Waals surface area contributed by atoms with Crippen LogP contribution in [0.25, 0.3) is 0 Å². The molecule has 15 heavy (non-hydrogen) atoms. The number of likely N-dealkylation sites (N-methyl/N-ethyl adjacent to an activating group) is 1. The van der Waals surface area contributed by atoms with Crippen molar-refractivity contribution < 1.29 is 9.53 Å². The van der Waals surface area contributed by atoms with Crippen LogP contribution in [0.3, 0.4) is 0 Å². The number of methoxy groups -OCH3 is 1. The number of hydrogen-bond donors (Lipinski definition) is 0. The number of hydrogen-bond acceptors (Lipinski definition) is 4. The van der Waals surface area contributed by atoms with Gasteiger partial charge in [0.15, 0.2) is 0 Å². The van der Waals surface area contributed by atoms with E-state index in [1.54, 1.807) is 12.4 Å². The fraction of sp³-hybridized carbons (Fsp3) is 0.455.